The molecule has 0 amide bonds. The lowest BCUT2D eigenvalue weighted by Gasteiger charge is -2.29. The van der Waals surface area contributed by atoms with Gasteiger partial charge in [0.15, 0.2) is 0 Å². The third kappa shape index (κ3) is 5.67. The summed E-state index contributed by atoms with van der Waals surface area (Å²) in [5.74, 6) is 1.27. The molecule has 0 heterocycles. The van der Waals surface area contributed by atoms with E-state index in [9.17, 15) is 8.78 Å². The fourth-order valence-electron chi connectivity index (χ4n) is 4.04. The minimum atomic E-state index is -3.42. The van der Waals surface area contributed by atoms with E-state index in [0.29, 0.717) is 11.5 Å². The van der Waals surface area contributed by atoms with Crippen molar-refractivity contribution in [3.8, 4) is 11.8 Å². The zero-order valence-corrected chi connectivity index (χ0v) is 16.8. The van der Waals surface area contributed by atoms with Gasteiger partial charge in [0.2, 0.25) is 0 Å². The second-order valence-corrected chi connectivity index (χ2v) is 7.74. The Morgan fingerprint density at radius 3 is 2.28 bits per heavy atom. The molecule has 3 rings (SSSR count). The van der Waals surface area contributed by atoms with Crippen LogP contribution in [0.2, 0.25) is 0 Å². The molecule has 0 aromatic heterocycles. The molecule has 2 aromatic carbocycles. The molecular weight excluding hydrogens is 368 g/mol. The highest BCUT2D eigenvalue weighted by molar-refractivity contribution is 5.35. The number of allylic oxidation sites excluding steroid dienone is 2. The third-order valence-electron chi connectivity index (χ3n) is 5.77. The summed E-state index contributed by atoms with van der Waals surface area (Å²) in [6.07, 6.45) is 7.97. The third-order valence-corrected chi connectivity index (χ3v) is 5.77. The molecule has 1 fully saturated rings. The van der Waals surface area contributed by atoms with Gasteiger partial charge in [0, 0.05) is 0 Å². The van der Waals surface area contributed by atoms with Gasteiger partial charge >= 0.3 is 6.11 Å². The maximum Gasteiger partial charge on any atom is 0.426 e. The minimum absolute atomic E-state index is 0.0364. The maximum atomic E-state index is 14.5. The van der Waals surface area contributed by atoms with E-state index < -0.39 is 6.11 Å². The van der Waals surface area contributed by atoms with E-state index in [1.165, 1.54) is 55.7 Å². The molecule has 0 radical (unpaired) electrons. The van der Waals surface area contributed by atoms with Crippen LogP contribution in [0.3, 0.4) is 0 Å². The van der Waals surface area contributed by atoms with Gasteiger partial charge in [0.1, 0.15) is 5.75 Å². The molecular formula is C25H27F2NO. The first-order chi connectivity index (χ1) is 14.0. The van der Waals surface area contributed by atoms with Crippen molar-refractivity contribution in [1.29, 1.82) is 5.26 Å². The Labute approximate surface area is 171 Å². The molecule has 0 aliphatic heterocycles. The SMILES string of the molecule is C/C=C\CCC1CCC(c2ccc(C(F)(F)Oc3ccc(C#N)cc3)cc2)CC1. The second kappa shape index (κ2) is 9.69. The van der Waals surface area contributed by atoms with E-state index in [4.69, 9.17) is 10.00 Å². The van der Waals surface area contributed by atoms with Crippen LogP contribution in [0.1, 0.15) is 68.1 Å². The maximum absolute atomic E-state index is 14.5. The van der Waals surface area contributed by atoms with Crippen molar-refractivity contribution < 1.29 is 13.5 Å². The monoisotopic (exact) mass is 395 g/mol. The first-order valence-electron chi connectivity index (χ1n) is 10.3. The Kier molecular flexibility index (Phi) is 7.04. The van der Waals surface area contributed by atoms with Gasteiger partial charge in [0.05, 0.1) is 17.2 Å². The van der Waals surface area contributed by atoms with Crippen molar-refractivity contribution in [2.24, 2.45) is 5.92 Å². The van der Waals surface area contributed by atoms with Crippen molar-refractivity contribution in [3.63, 3.8) is 0 Å². The summed E-state index contributed by atoms with van der Waals surface area (Å²) in [5, 5.41) is 8.79. The van der Waals surface area contributed by atoms with Gasteiger partial charge in [-0.2, -0.15) is 14.0 Å². The lowest BCUT2D eigenvalue weighted by atomic mass is 9.77. The summed E-state index contributed by atoms with van der Waals surface area (Å²) >= 11 is 0. The van der Waals surface area contributed by atoms with E-state index in [-0.39, 0.29) is 11.3 Å². The van der Waals surface area contributed by atoms with Gasteiger partial charge in [-0.1, -0.05) is 24.3 Å². The molecule has 2 aromatic rings. The van der Waals surface area contributed by atoms with Crippen LogP contribution >= 0.6 is 0 Å². The van der Waals surface area contributed by atoms with Crippen molar-refractivity contribution in [3.05, 3.63) is 77.4 Å². The molecule has 4 heteroatoms. The Morgan fingerprint density at radius 1 is 1.03 bits per heavy atom. The molecule has 1 saturated carbocycles. The number of nitriles is 1. The average Bonchev–Trinajstić information content (AvgIpc) is 2.75. The zero-order valence-electron chi connectivity index (χ0n) is 16.8. The Bertz CT molecular complexity index is 842. The van der Waals surface area contributed by atoms with Gasteiger partial charge in [-0.3, -0.25) is 0 Å². The fraction of sp³-hybridized carbons (Fsp3) is 0.400. The quantitative estimate of drug-likeness (QED) is 0.460. The summed E-state index contributed by atoms with van der Waals surface area (Å²) in [4.78, 5) is 0. The summed E-state index contributed by atoms with van der Waals surface area (Å²) < 4.78 is 33.9. The van der Waals surface area contributed by atoms with Crippen LogP contribution in [0.25, 0.3) is 0 Å². The highest BCUT2D eigenvalue weighted by Crippen LogP contribution is 2.39. The summed E-state index contributed by atoms with van der Waals surface area (Å²) in [6, 6.07) is 14.2. The molecule has 0 saturated heterocycles. The Hall–Kier alpha value is -2.67. The van der Waals surface area contributed by atoms with Gasteiger partial charge < -0.3 is 4.74 Å². The predicted octanol–water partition coefficient (Wildman–Crippen LogP) is 7.32. The average molecular weight is 395 g/mol. The topological polar surface area (TPSA) is 33.0 Å². The number of alkyl halides is 2. The number of ether oxygens (including phenoxy) is 1. The molecule has 29 heavy (non-hydrogen) atoms. The summed E-state index contributed by atoms with van der Waals surface area (Å²) in [6.45, 7) is 2.06. The largest absolute Gasteiger partial charge is 0.429 e. The van der Waals surface area contributed by atoms with Crippen LogP contribution in [-0.4, -0.2) is 0 Å². The van der Waals surface area contributed by atoms with E-state index in [2.05, 4.69) is 19.1 Å². The number of nitrogens with zero attached hydrogens (tertiary/aromatic N) is 1. The van der Waals surface area contributed by atoms with E-state index in [0.717, 1.165) is 30.7 Å². The lowest BCUT2D eigenvalue weighted by molar-refractivity contribution is -0.185. The van der Waals surface area contributed by atoms with Crippen molar-refractivity contribution in [1.82, 2.24) is 0 Å². The molecule has 1 aliphatic rings. The van der Waals surface area contributed by atoms with Gasteiger partial charge in [-0.15, -0.1) is 0 Å². The Morgan fingerprint density at radius 2 is 1.69 bits per heavy atom. The Balaban J connectivity index is 1.58. The van der Waals surface area contributed by atoms with Crippen molar-refractivity contribution >= 4 is 0 Å². The van der Waals surface area contributed by atoms with Crippen LogP contribution in [0, 0.1) is 17.2 Å². The molecule has 0 unspecified atom stereocenters. The van der Waals surface area contributed by atoms with Crippen LogP contribution < -0.4 is 4.74 Å². The van der Waals surface area contributed by atoms with Crippen LogP contribution in [0.4, 0.5) is 8.78 Å². The lowest BCUT2D eigenvalue weighted by Crippen LogP contribution is -2.22. The van der Waals surface area contributed by atoms with Crippen molar-refractivity contribution in [2.45, 2.75) is 57.5 Å². The molecule has 0 atom stereocenters. The van der Waals surface area contributed by atoms with Gasteiger partial charge in [0.25, 0.3) is 0 Å². The first kappa shape index (κ1) is 21.0. The zero-order chi connectivity index (χ0) is 20.7. The molecule has 0 N–H and O–H groups in total. The standard InChI is InChI=1S/C25H27F2NO/c1-2-3-4-5-19-6-10-21(11-7-19)22-12-14-23(15-13-22)25(26,27)29-24-16-8-20(18-28)9-17-24/h2-3,8-9,12-17,19,21H,4-7,10-11H2,1H3/b3-2-. The van der Waals surface area contributed by atoms with Gasteiger partial charge in [-0.25, -0.2) is 0 Å². The predicted molar refractivity (Wildman–Crippen MR) is 111 cm³/mol. The second-order valence-electron chi connectivity index (χ2n) is 7.74. The summed E-state index contributed by atoms with van der Waals surface area (Å²) in [7, 11) is 0. The normalized spacial score (nSPS) is 19.8. The highest BCUT2D eigenvalue weighted by Gasteiger charge is 2.34. The summed E-state index contributed by atoms with van der Waals surface area (Å²) in [5.41, 5.74) is 1.38. The first-order valence-corrected chi connectivity index (χ1v) is 10.3. The van der Waals surface area contributed by atoms with Crippen LogP contribution in [0.5, 0.6) is 5.75 Å². The van der Waals surface area contributed by atoms with E-state index in [1.807, 2.05) is 18.2 Å². The molecule has 1 aliphatic carbocycles. The van der Waals surface area contributed by atoms with Crippen molar-refractivity contribution in [2.75, 3.05) is 0 Å². The smallest absolute Gasteiger partial charge is 0.426 e. The van der Waals surface area contributed by atoms with E-state index in [1.54, 1.807) is 0 Å². The number of halogens is 2. The molecule has 0 bridgehead atoms. The highest BCUT2D eigenvalue weighted by atomic mass is 19.3. The van der Waals surface area contributed by atoms with E-state index >= 15 is 0 Å². The minimum Gasteiger partial charge on any atom is -0.429 e. The fourth-order valence-corrected chi connectivity index (χ4v) is 4.04. The number of rotatable bonds is 7. The number of hydrogen-bond donors (Lipinski definition) is 0. The van der Waals surface area contributed by atoms with Crippen LogP contribution in [-0.2, 0) is 6.11 Å². The van der Waals surface area contributed by atoms with Gasteiger partial charge in [-0.05, 0) is 99.2 Å². The molecule has 2 nitrogen and oxygen atoms in total. The molecule has 0 spiro atoms. The molecule has 152 valence electrons. The van der Waals surface area contributed by atoms with Crippen LogP contribution in [0.15, 0.2) is 60.7 Å². The number of benzene rings is 2. The number of hydrogen-bond acceptors (Lipinski definition) is 2.